The van der Waals surface area contributed by atoms with Crippen LogP contribution in [0.25, 0.3) is 65.7 Å². The van der Waals surface area contributed by atoms with E-state index in [1.165, 1.54) is 38.2 Å². The van der Waals surface area contributed by atoms with E-state index in [9.17, 15) is 0 Å². The van der Waals surface area contributed by atoms with Gasteiger partial charge in [-0.25, -0.2) is 0 Å². The monoisotopic (exact) mass is 587 g/mol. The molecule has 46 heavy (non-hydrogen) atoms. The Morgan fingerprint density at radius 2 is 1.02 bits per heavy atom. The second-order valence-electron chi connectivity index (χ2n) is 11.7. The minimum absolute atomic E-state index is 0.904. The third-order valence-corrected chi connectivity index (χ3v) is 9.06. The van der Waals surface area contributed by atoms with Gasteiger partial charge in [0.25, 0.3) is 0 Å². The van der Waals surface area contributed by atoms with Crippen LogP contribution in [0.2, 0.25) is 0 Å². The lowest BCUT2D eigenvalue weighted by Crippen LogP contribution is -2.12. The van der Waals surface area contributed by atoms with E-state index in [0.29, 0.717) is 0 Å². The number of nitrogens with zero attached hydrogens (tertiary/aromatic N) is 1. The maximum absolute atomic E-state index is 6.35. The molecule has 0 aliphatic rings. The summed E-state index contributed by atoms with van der Waals surface area (Å²) in [6.45, 7) is 0. The van der Waals surface area contributed by atoms with Crippen LogP contribution < -0.4 is 4.90 Å². The van der Waals surface area contributed by atoms with Crippen LogP contribution in [0.15, 0.2) is 180 Å². The molecule has 216 valence electrons. The lowest BCUT2D eigenvalue weighted by molar-refractivity contribution is 0.669. The first-order valence-corrected chi connectivity index (χ1v) is 15.7. The van der Waals surface area contributed by atoms with Gasteiger partial charge in [-0.15, -0.1) is 0 Å². The fourth-order valence-corrected chi connectivity index (χ4v) is 7.05. The molecule has 0 spiro atoms. The SMILES string of the molecule is c1ccc(-c2ccc(N(c3ccccc3)c3ccccc3-c3cccc4ccc5oc6ccccc6c5c34)c3ccccc23)cc1. The number of hydrogen-bond acceptors (Lipinski definition) is 2. The lowest BCUT2D eigenvalue weighted by atomic mass is 9.92. The van der Waals surface area contributed by atoms with Gasteiger partial charge < -0.3 is 9.32 Å². The molecule has 0 atom stereocenters. The third kappa shape index (κ3) is 4.19. The standard InChI is InChI=1S/C44H29NO/c1-3-14-30(15-4-1)33-27-28-40(35-20-8-7-19-34(33)35)45(32-17-5-2-6-18-32)39-24-11-9-21-36(39)37-23-13-16-31-26-29-42-44(43(31)37)38-22-10-12-25-41(38)46-42/h1-29H. The largest absolute Gasteiger partial charge is 0.456 e. The highest BCUT2D eigenvalue weighted by Crippen LogP contribution is 2.47. The molecule has 0 fully saturated rings. The molecule has 0 aliphatic heterocycles. The van der Waals surface area contributed by atoms with Crippen molar-refractivity contribution in [3.8, 4) is 22.3 Å². The Bertz CT molecular complexity index is 2530. The highest BCUT2D eigenvalue weighted by Gasteiger charge is 2.22. The van der Waals surface area contributed by atoms with E-state index < -0.39 is 0 Å². The van der Waals surface area contributed by atoms with Gasteiger partial charge >= 0.3 is 0 Å². The van der Waals surface area contributed by atoms with Crippen molar-refractivity contribution in [2.24, 2.45) is 0 Å². The lowest BCUT2D eigenvalue weighted by Gasteiger charge is -2.29. The molecule has 0 aliphatic carbocycles. The molecule has 0 N–H and O–H groups in total. The fraction of sp³-hybridized carbons (Fsp3) is 0. The Kier molecular flexibility index (Phi) is 6.17. The van der Waals surface area contributed by atoms with Crippen LogP contribution in [-0.4, -0.2) is 0 Å². The van der Waals surface area contributed by atoms with Gasteiger partial charge in [0.05, 0.1) is 11.4 Å². The number of para-hydroxylation sites is 3. The van der Waals surface area contributed by atoms with Gasteiger partial charge in [-0.2, -0.15) is 0 Å². The third-order valence-electron chi connectivity index (χ3n) is 9.06. The van der Waals surface area contributed by atoms with E-state index in [-0.39, 0.29) is 0 Å². The van der Waals surface area contributed by atoms with Crippen LogP contribution in [0, 0.1) is 0 Å². The molecule has 9 rings (SSSR count). The van der Waals surface area contributed by atoms with Crippen molar-refractivity contribution >= 4 is 60.5 Å². The molecular formula is C44H29NO. The highest BCUT2D eigenvalue weighted by molar-refractivity contribution is 6.23. The average Bonchev–Trinajstić information content (AvgIpc) is 3.52. The number of benzene rings is 8. The maximum Gasteiger partial charge on any atom is 0.136 e. The van der Waals surface area contributed by atoms with Crippen molar-refractivity contribution in [3.63, 3.8) is 0 Å². The highest BCUT2D eigenvalue weighted by atomic mass is 16.3. The van der Waals surface area contributed by atoms with Crippen molar-refractivity contribution in [2.45, 2.75) is 0 Å². The summed E-state index contributed by atoms with van der Waals surface area (Å²) in [6, 6.07) is 62.7. The molecule has 1 aromatic heterocycles. The van der Waals surface area contributed by atoms with Crippen molar-refractivity contribution in [1.29, 1.82) is 0 Å². The molecule has 0 unspecified atom stereocenters. The van der Waals surface area contributed by atoms with E-state index in [1.807, 2.05) is 6.07 Å². The van der Waals surface area contributed by atoms with E-state index in [0.717, 1.165) is 44.6 Å². The van der Waals surface area contributed by atoms with Gasteiger partial charge in [0.1, 0.15) is 11.2 Å². The molecule has 2 nitrogen and oxygen atoms in total. The minimum atomic E-state index is 0.904. The quantitative estimate of drug-likeness (QED) is 0.199. The maximum atomic E-state index is 6.35. The second kappa shape index (κ2) is 10.8. The van der Waals surface area contributed by atoms with Gasteiger partial charge in [0.2, 0.25) is 0 Å². The van der Waals surface area contributed by atoms with E-state index in [2.05, 4.69) is 175 Å². The summed E-state index contributed by atoms with van der Waals surface area (Å²) in [7, 11) is 0. The van der Waals surface area contributed by atoms with Crippen LogP contribution in [0.3, 0.4) is 0 Å². The van der Waals surface area contributed by atoms with E-state index in [1.54, 1.807) is 0 Å². The predicted molar refractivity (Wildman–Crippen MR) is 194 cm³/mol. The number of hydrogen-bond donors (Lipinski definition) is 0. The second-order valence-corrected chi connectivity index (χ2v) is 11.7. The summed E-state index contributed by atoms with van der Waals surface area (Å²) in [6.07, 6.45) is 0. The predicted octanol–water partition coefficient (Wildman–Crippen LogP) is 12.7. The molecule has 1 heterocycles. The van der Waals surface area contributed by atoms with Crippen molar-refractivity contribution in [3.05, 3.63) is 176 Å². The van der Waals surface area contributed by atoms with Crippen molar-refractivity contribution in [2.75, 3.05) is 4.90 Å². The summed E-state index contributed by atoms with van der Waals surface area (Å²) in [5, 5.41) is 7.10. The summed E-state index contributed by atoms with van der Waals surface area (Å²) in [5.74, 6) is 0. The number of furan rings is 1. The molecule has 0 radical (unpaired) electrons. The molecule has 0 amide bonds. The first-order chi connectivity index (χ1) is 22.8. The van der Waals surface area contributed by atoms with E-state index in [4.69, 9.17) is 4.42 Å². The Balaban J connectivity index is 1.34. The van der Waals surface area contributed by atoms with Crippen LogP contribution in [0.4, 0.5) is 17.1 Å². The topological polar surface area (TPSA) is 16.4 Å². The minimum Gasteiger partial charge on any atom is -0.456 e. The molecule has 0 saturated heterocycles. The molecule has 2 heteroatoms. The van der Waals surface area contributed by atoms with Gasteiger partial charge in [-0.3, -0.25) is 0 Å². The molecule has 0 bridgehead atoms. The van der Waals surface area contributed by atoms with Gasteiger partial charge in [0, 0.05) is 32.8 Å². The number of fused-ring (bicyclic) bond motifs is 6. The molecule has 0 saturated carbocycles. The van der Waals surface area contributed by atoms with Crippen molar-refractivity contribution in [1.82, 2.24) is 0 Å². The van der Waals surface area contributed by atoms with Crippen LogP contribution in [0.1, 0.15) is 0 Å². The first-order valence-electron chi connectivity index (χ1n) is 15.7. The van der Waals surface area contributed by atoms with Crippen LogP contribution >= 0.6 is 0 Å². The Morgan fingerprint density at radius 3 is 1.87 bits per heavy atom. The van der Waals surface area contributed by atoms with Gasteiger partial charge in [-0.1, -0.05) is 140 Å². The number of anilines is 3. The number of rotatable bonds is 5. The zero-order valence-electron chi connectivity index (χ0n) is 25.1. The van der Waals surface area contributed by atoms with E-state index >= 15 is 0 Å². The normalized spacial score (nSPS) is 11.5. The summed E-state index contributed by atoms with van der Waals surface area (Å²) >= 11 is 0. The fourth-order valence-electron chi connectivity index (χ4n) is 7.05. The molecular weight excluding hydrogens is 558 g/mol. The zero-order valence-corrected chi connectivity index (χ0v) is 25.1. The Labute approximate surface area is 267 Å². The van der Waals surface area contributed by atoms with Gasteiger partial charge in [-0.05, 0) is 63.9 Å². The molecule has 8 aromatic carbocycles. The summed E-state index contributed by atoms with van der Waals surface area (Å²) in [4.78, 5) is 2.42. The first kappa shape index (κ1) is 26.3. The van der Waals surface area contributed by atoms with Crippen LogP contribution in [0.5, 0.6) is 0 Å². The average molecular weight is 588 g/mol. The zero-order chi connectivity index (χ0) is 30.5. The Morgan fingerprint density at radius 1 is 0.348 bits per heavy atom. The van der Waals surface area contributed by atoms with Gasteiger partial charge in [0.15, 0.2) is 0 Å². The Hall–Kier alpha value is -6.12. The van der Waals surface area contributed by atoms with Crippen molar-refractivity contribution < 1.29 is 4.42 Å². The summed E-state index contributed by atoms with van der Waals surface area (Å²) in [5.41, 5.74) is 9.93. The molecule has 9 aromatic rings. The smallest absolute Gasteiger partial charge is 0.136 e. The summed E-state index contributed by atoms with van der Waals surface area (Å²) < 4.78 is 6.35. The van der Waals surface area contributed by atoms with Crippen LogP contribution in [-0.2, 0) is 0 Å².